The predicted octanol–water partition coefficient (Wildman–Crippen LogP) is 3.02. The fourth-order valence-corrected chi connectivity index (χ4v) is 1.41. The van der Waals surface area contributed by atoms with E-state index in [9.17, 15) is 4.79 Å². The first-order chi connectivity index (χ1) is 7.81. The second-order valence-corrected chi connectivity index (χ2v) is 5.13. The van der Waals surface area contributed by atoms with Crippen LogP contribution < -0.4 is 10.1 Å². The molecule has 0 aliphatic heterocycles. The van der Waals surface area contributed by atoms with Crippen molar-refractivity contribution in [2.75, 3.05) is 0 Å². The quantitative estimate of drug-likeness (QED) is 0.898. The first-order valence-electron chi connectivity index (χ1n) is 5.57. The molecule has 0 bridgehead atoms. The first-order valence-corrected chi connectivity index (χ1v) is 5.94. The number of rotatable bonds is 4. The number of hydrogen-bond donors (Lipinski definition) is 1. The number of ether oxygens (including phenoxy) is 1. The highest BCUT2D eigenvalue weighted by Crippen LogP contribution is 2.21. The molecule has 0 aliphatic carbocycles. The molecule has 0 aliphatic rings. The van der Waals surface area contributed by atoms with Gasteiger partial charge in [0.05, 0.1) is 0 Å². The minimum Gasteiger partial charge on any atom is -0.478 e. The zero-order valence-electron chi connectivity index (χ0n) is 10.6. The van der Waals surface area contributed by atoms with Gasteiger partial charge in [0.2, 0.25) is 0 Å². The molecule has 0 unspecified atom stereocenters. The van der Waals surface area contributed by atoms with E-state index in [1.54, 1.807) is 38.1 Å². The molecule has 1 rings (SSSR count). The molecule has 1 aromatic rings. The van der Waals surface area contributed by atoms with E-state index < -0.39 is 5.60 Å². The largest absolute Gasteiger partial charge is 0.478 e. The van der Waals surface area contributed by atoms with Gasteiger partial charge in [0.15, 0.2) is 5.60 Å². The SMILES string of the molecule is CC(C)NC(=O)C(C)(C)Oc1ccc(Cl)cc1. The number of amides is 1. The third-order valence-corrected chi connectivity index (χ3v) is 2.41. The van der Waals surface area contributed by atoms with Crippen LogP contribution in [0.4, 0.5) is 0 Å². The van der Waals surface area contributed by atoms with Crippen molar-refractivity contribution in [1.82, 2.24) is 5.32 Å². The minimum atomic E-state index is -0.905. The highest BCUT2D eigenvalue weighted by Gasteiger charge is 2.30. The van der Waals surface area contributed by atoms with Crippen LogP contribution in [0.15, 0.2) is 24.3 Å². The van der Waals surface area contributed by atoms with Crippen LogP contribution in [0.1, 0.15) is 27.7 Å². The smallest absolute Gasteiger partial charge is 0.263 e. The topological polar surface area (TPSA) is 38.3 Å². The van der Waals surface area contributed by atoms with Crippen LogP contribution in [0.3, 0.4) is 0 Å². The van der Waals surface area contributed by atoms with Crippen molar-refractivity contribution in [2.45, 2.75) is 39.3 Å². The summed E-state index contributed by atoms with van der Waals surface area (Å²) in [6, 6.07) is 7.04. The van der Waals surface area contributed by atoms with Crippen LogP contribution >= 0.6 is 11.6 Å². The zero-order chi connectivity index (χ0) is 13.1. The fourth-order valence-electron chi connectivity index (χ4n) is 1.28. The van der Waals surface area contributed by atoms with E-state index in [1.165, 1.54) is 0 Å². The van der Waals surface area contributed by atoms with Gasteiger partial charge in [-0.05, 0) is 52.0 Å². The summed E-state index contributed by atoms with van der Waals surface area (Å²) in [6.07, 6.45) is 0. The van der Waals surface area contributed by atoms with Crippen LogP contribution in [0.2, 0.25) is 5.02 Å². The summed E-state index contributed by atoms with van der Waals surface area (Å²) in [7, 11) is 0. The van der Waals surface area contributed by atoms with Crippen molar-refractivity contribution >= 4 is 17.5 Å². The molecule has 1 N–H and O–H groups in total. The Hall–Kier alpha value is -1.22. The maximum absolute atomic E-state index is 11.9. The predicted molar refractivity (Wildman–Crippen MR) is 69.4 cm³/mol. The summed E-state index contributed by atoms with van der Waals surface area (Å²) in [5.41, 5.74) is -0.905. The summed E-state index contributed by atoms with van der Waals surface area (Å²) in [5, 5.41) is 3.47. The first kappa shape index (κ1) is 13.8. The summed E-state index contributed by atoms with van der Waals surface area (Å²) in [6.45, 7) is 7.30. The lowest BCUT2D eigenvalue weighted by Gasteiger charge is -2.26. The molecule has 0 radical (unpaired) electrons. The lowest BCUT2D eigenvalue weighted by Crippen LogP contribution is -2.48. The van der Waals surface area contributed by atoms with Gasteiger partial charge in [-0.15, -0.1) is 0 Å². The summed E-state index contributed by atoms with van der Waals surface area (Å²) >= 11 is 5.78. The van der Waals surface area contributed by atoms with E-state index in [0.29, 0.717) is 10.8 Å². The number of nitrogens with one attached hydrogen (secondary N) is 1. The van der Waals surface area contributed by atoms with Crippen molar-refractivity contribution in [3.8, 4) is 5.75 Å². The summed E-state index contributed by atoms with van der Waals surface area (Å²) in [5.74, 6) is 0.487. The number of halogens is 1. The van der Waals surface area contributed by atoms with Gasteiger partial charge in [-0.25, -0.2) is 0 Å². The Morgan fingerprint density at radius 2 is 1.82 bits per heavy atom. The molecule has 3 nitrogen and oxygen atoms in total. The molecule has 1 amide bonds. The Morgan fingerprint density at radius 1 is 1.29 bits per heavy atom. The van der Waals surface area contributed by atoms with Crippen molar-refractivity contribution in [3.63, 3.8) is 0 Å². The Morgan fingerprint density at radius 3 is 2.29 bits per heavy atom. The molecule has 0 saturated heterocycles. The molecule has 0 heterocycles. The van der Waals surface area contributed by atoms with Gasteiger partial charge in [0.25, 0.3) is 5.91 Å². The van der Waals surface area contributed by atoms with Crippen molar-refractivity contribution < 1.29 is 9.53 Å². The van der Waals surface area contributed by atoms with Crippen molar-refractivity contribution in [1.29, 1.82) is 0 Å². The minimum absolute atomic E-state index is 0.0931. The molecule has 0 spiro atoms. The average Bonchev–Trinajstić information content (AvgIpc) is 2.20. The standard InChI is InChI=1S/C13H18ClNO2/c1-9(2)15-12(16)13(3,4)17-11-7-5-10(14)6-8-11/h5-9H,1-4H3,(H,15,16). The third-order valence-electron chi connectivity index (χ3n) is 2.15. The lowest BCUT2D eigenvalue weighted by atomic mass is 10.1. The van der Waals surface area contributed by atoms with E-state index >= 15 is 0 Å². The van der Waals surface area contributed by atoms with Gasteiger partial charge >= 0.3 is 0 Å². The van der Waals surface area contributed by atoms with Crippen LogP contribution in [-0.2, 0) is 4.79 Å². The van der Waals surface area contributed by atoms with Gasteiger partial charge in [-0.1, -0.05) is 11.6 Å². The molecule has 4 heteroatoms. The molecule has 0 aromatic heterocycles. The second-order valence-electron chi connectivity index (χ2n) is 4.69. The normalized spacial score (nSPS) is 11.4. The van der Waals surface area contributed by atoms with Crippen LogP contribution in [0.25, 0.3) is 0 Å². The molecule has 0 fully saturated rings. The van der Waals surface area contributed by atoms with E-state index in [-0.39, 0.29) is 11.9 Å². The van der Waals surface area contributed by atoms with E-state index in [2.05, 4.69) is 5.32 Å². The fraction of sp³-hybridized carbons (Fsp3) is 0.462. The number of hydrogen-bond acceptors (Lipinski definition) is 2. The lowest BCUT2D eigenvalue weighted by molar-refractivity contribution is -0.134. The molecule has 0 saturated carbocycles. The van der Waals surface area contributed by atoms with Gasteiger partial charge in [-0.3, -0.25) is 4.79 Å². The van der Waals surface area contributed by atoms with E-state index in [1.807, 2.05) is 13.8 Å². The van der Waals surface area contributed by atoms with Crippen LogP contribution in [-0.4, -0.2) is 17.6 Å². The Kier molecular flexibility index (Phi) is 4.40. The Labute approximate surface area is 107 Å². The van der Waals surface area contributed by atoms with E-state index in [0.717, 1.165) is 0 Å². The monoisotopic (exact) mass is 255 g/mol. The Balaban J connectivity index is 2.71. The molecule has 94 valence electrons. The maximum atomic E-state index is 11.9. The number of benzene rings is 1. The zero-order valence-corrected chi connectivity index (χ0v) is 11.3. The maximum Gasteiger partial charge on any atom is 0.263 e. The molecule has 1 aromatic carbocycles. The highest BCUT2D eigenvalue weighted by molar-refractivity contribution is 6.30. The second kappa shape index (κ2) is 5.41. The van der Waals surface area contributed by atoms with Crippen molar-refractivity contribution in [2.24, 2.45) is 0 Å². The van der Waals surface area contributed by atoms with Gasteiger partial charge in [-0.2, -0.15) is 0 Å². The summed E-state index contributed by atoms with van der Waals surface area (Å²) < 4.78 is 5.65. The molecule has 0 atom stereocenters. The Bertz CT molecular complexity index is 385. The third kappa shape index (κ3) is 4.27. The number of carbonyl (C=O) groups is 1. The van der Waals surface area contributed by atoms with Gasteiger partial charge in [0, 0.05) is 11.1 Å². The van der Waals surface area contributed by atoms with Crippen molar-refractivity contribution in [3.05, 3.63) is 29.3 Å². The summed E-state index contributed by atoms with van der Waals surface area (Å²) in [4.78, 5) is 11.9. The van der Waals surface area contributed by atoms with Crippen LogP contribution in [0.5, 0.6) is 5.75 Å². The number of carbonyl (C=O) groups excluding carboxylic acids is 1. The van der Waals surface area contributed by atoms with Gasteiger partial charge < -0.3 is 10.1 Å². The van der Waals surface area contributed by atoms with Crippen LogP contribution in [0, 0.1) is 0 Å². The average molecular weight is 256 g/mol. The van der Waals surface area contributed by atoms with E-state index in [4.69, 9.17) is 16.3 Å². The molecular weight excluding hydrogens is 238 g/mol. The highest BCUT2D eigenvalue weighted by atomic mass is 35.5. The van der Waals surface area contributed by atoms with Gasteiger partial charge in [0.1, 0.15) is 5.75 Å². The molecular formula is C13H18ClNO2. The molecule has 17 heavy (non-hydrogen) atoms.